The number of halogens is 2. The highest BCUT2D eigenvalue weighted by Crippen LogP contribution is 2.33. The minimum atomic E-state index is -0.929. The van der Waals surface area contributed by atoms with Crippen LogP contribution in [0.15, 0.2) is 24.3 Å². The molecule has 0 radical (unpaired) electrons. The largest absolute Gasteiger partial charge is 0.338 e. The van der Waals surface area contributed by atoms with E-state index < -0.39 is 5.54 Å². The van der Waals surface area contributed by atoms with Crippen LogP contribution in [0.3, 0.4) is 0 Å². The average Bonchev–Trinajstić information content (AvgIpc) is 3.32. The predicted octanol–water partition coefficient (Wildman–Crippen LogP) is 4.05. The molecule has 38 heavy (non-hydrogen) atoms. The van der Waals surface area contributed by atoms with Crippen LogP contribution in [-0.2, 0) is 4.79 Å². The number of carbonyl (C=O) groups excluding carboxylic acids is 2. The van der Waals surface area contributed by atoms with Crippen molar-refractivity contribution in [3.8, 4) is 0 Å². The molecule has 0 aliphatic carbocycles. The zero-order valence-corrected chi connectivity index (χ0v) is 25.1. The third kappa shape index (κ3) is 6.31. The van der Waals surface area contributed by atoms with Crippen molar-refractivity contribution in [2.45, 2.75) is 44.2 Å². The molecule has 1 aromatic heterocycles. The number of hydrogen-bond acceptors (Lipinski definition) is 6. The monoisotopic (exact) mass is 581 g/mol. The number of nitrogens with one attached hydrogen (secondary N) is 1. The van der Waals surface area contributed by atoms with Crippen molar-refractivity contribution >= 4 is 57.2 Å². The molecule has 1 atom stereocenters. The maximum atomic E-state index is 14.2. The summed E-state index contributed by atoms with van der Waals surface area (Å²) < 4.78 is 0.981. The number of hydrogen-bond donors (Lipinski definition) is 1. The topological polar surface area (TPSA) is 59.1 Å². The number of piperidine rings is 2. The lowest BCUT2D eigenvalue weighted by Gasteiger charge is -2.47. The van der Waals surface area contributed by atoms with Gasteiger partial charge in [0.1, 0.15) is 5.54 Å². The molecule has 0 bridgehead atoms. The minimum absolute atomic E-state index is 0. The van der Waals surface area contributed by atoms with Gasteiger partial charge in [-0.3, -0.25) is 14.5 Å². The molecule has 7 nitrogen and oxygen atoms in total. The van der Waals surface area contributed by atoms with Crippen LogP contribution in [0.5, 0.6) is 0 Å². The Labute approximate surface area is 241 Å². The van der Waals surface area contributed by atoms with Gasteiger partial charge in [-0.2, -0.15) is 0 Å². The summed E-state index contributed by atoms with van der Waals surface area (Å²) in [5.41, 5.74) is -0.929. The van der Waals surface area contributed by atoms with E-state index in [9.17, 15) is 9.59 Å². The average molecular weight is 583 g/mol. The molecule has 1 aromatic carbocycles. The van der Waals surface area contributed by atoms with Gasteiger partial charge in [-0.25, -0.2) is 0 Å². The Hall–Kier alpha value is -1.42. The van der Waals surface area contributed by atoms with E-state index in [2.05, 4.69) is 34.1 Å². The molecule has 210 valence electrons. The third-order valence-corrected chi connectivity index (χ3v) is 10.2. The van der Waals surface area contributed by atoms with Gasteiger partial charge in [0, 0.05) is 41.9 Å². The second kappa shape index (κ2) is 12.4. The second-order valence-corrected chi connectivity index (χ2v) is 12.9. The molecular formula is C28H41Cl2N5O2S. The van der Waals surface area contributed by atoms with Gasteiger partial charge < -0.3 is 20.0 Å². The van der Waals surface area contributed by atoms with Gasteiger partial charge in [-0.05, 0) is 102 Å². The van der Waals surface area contributed by atoms with Crippen molar-refractivity contribution < 1.29 is 9.59 Å². The van der Waals surface area contributed by atoms with Gasteiger partial charge in [0.15, 0.2) is 0 Å². The first-order chi connectivity index (χ1) is 17.7. The van der Waals surface area contributed by atoms with Gasteiger partial charge in [-0.1, -0.05) is 17.7 Å². The molecule has 1 N–H and O–H groups in total. The highest BCUT2D eigenvalue weighted by atomic mass is 35.5. The van der Waals surface area contributed by atoms with Crippen LogP contribution in [0.4, 0.5) is 0 Å². The van der Waals surface area contributed by atoms with E-state index >= 15 is 0 Å². The minimum Gasteiger partial charge on any atom is -0.338 e. The van der Waals surface area contributed by atoms with Gasteiger partial charge in [0.05, 0.1) is 4.88 Å². The van der Waals surface area contributed by atoms with Crippen molar-refractivity contribution in [2.24, 2.45) is 5.92 Å². The summed E-state index contributed by atoms with van der Waals surface area (Å²) in [6.45, 7) is 9.42. The van der Waals surface area contributed by atoms with Crippen LogP contribution in [0.25, 0.3) is 10.1 Å². The van der Waals surface area contributed by atoms with Gasteiger partial charge in [-0.15, -0.1) is 23.7 Å². The zero-order valence-electron chi connectivity index (χ0n) is 22.7. The van der Waals surface area contributed by atoms with Crippen LogP contribution in [0.1, 0.15) is 42.3 Å². The highest BCUT2D eigenvalue weighted by Gasteiger charge is 2.46. The third-order valence-electron chi connectivity index (χ3n) is 8.86. The summed E-state index contributed by atoms with van der Waals surface area (Å²) in [5.74, 6) is 0.00975. The smallest absolute Gasteiger partial charge is 0.262 e. The number of carbonyl (C=O) groups is 2. The number of nitrogens with zero attached hydrogens (tertiary/aromatic N) is 4. The first-order valence-electron chi connectivity index (χ1n) is 13.6. The maximum absolute atomic E-state index is 14.2. The molecule has 3 aliphatic rings. The van der Waals surface area contributed by atoms with Crippen LogP contribution in [-0.4, -0.2) is 109 Å². The standard InChI is InChI=1S/C28H40ClN5O2S.ClH/c1-28(21-6-10-31(2)11-7-21,30-26(35)25-18-20-4-5-22(29)19-24(20)37-25)27(36)34-16-14-33(15-17-34)23-8-12-32(3)13-9-23;/h4-5,18-19,21,23H,6-17H2,1-3H3,(H,30,35);1H/t28-;/m0./s1. The fourth-order valence-corrected chi connectivity index (χ4v) is 7.54. The van der Waals surface area contributed by atoms with Crippen LogP contribution in [0.2, 0.25) is 5.02 Å². The summed E-state index contributed by atoms with van der Waals surface area (Å²) in [4.78, 5) is 37.6. The number of benzene rings is 1. The number of likely N-dealkylation sites (tertiary alicyclic amines) is 2. The molecule has 0 unspecified atom stereocenters. The molecule has 3 fully saturated rings. The first kappa shape index (κ1) is 29.6. The molecule has 4 heterocycles. The van der Waals surface area contributed by atoms with Crippen molar-refractivity contribution in [3.63, 3.8) is 0 Å². The Morgan fingerprint density at radius 1 is 0.921 bits per heavy atom. The van der Waals surface area contributed by atoms with Crippen molar-refractivity contribution in [2.75, 3.05) is 66.5 Å². The number of thiophene rings is 1. The van der Waals surface area contributed by atoms with E-state index in [0.717, 1.165) is 75.3 Å². The summed E-state index contributed by atoms with van der Waals surface area (Å²) in [7, 11) is 4.32. The fraction of sp³-hybridized carbons (Fsp3) is 0.643. The maximum Gasteiger partial charge on any atom is 0.262 e. The van der Waals surface area contributed by atoms with E-state index in [1.165, 1.54) is 24.2 Å². The molecule has 2 amide bonds. The van der Waals surface area contributed by atoms with E-state index in [0.29, 0.717) is 15.9 Å². The van der Waals surface area contributed by atoms with Crippen molar-refractivity contribution in [3.05, 3.63) is 34.2 Å². The lowest BCUT2D eigenvalue weighted by molar-refractivity contribution is -0.142. The zero-order chi connectivity index (χ0) is 26.2. The van der Waals surface area contributed by atoms with E-state index in [1.54, 1.807) is 0 Å². The lowest BCUT2D eigenvalue weighted by Crippen LogP contribution is -2.65. The summed E-state index contributed by atoms with van der Waals surface area (Å²) in [6, 6.07) is 8.20. The molecule has 0 saturated carbocycles. The number of amides is 2. The summed E-state index contributed by atoms with van der Waals surface area (Å²) >= 11 is 7.60. The molecule has 3 aliphatic heterocycles. The Morgan fingerprint density at radius 3 is 2.16 bits per heavy atom. The predicted molar refractivity (Wildman–Crippen MR) is 159 cm³/mol. The van der Waals surface area contributed by atoms with E-state index in [1.807, 2.05) is 36.1 Å². The summed E-state index contributed by atoms with van der Waals surface area (Å²) in [5, 5.41) is 4.91. The second-order valence-electron chi connectivity index (χ2n) is 11.4. The lowest BCUT2D eigenvalue weighted by atomic mass is 9.77. The van der Waals surface area contributed by atoms with Crippen LogP contribution >= 0.6 is 35.3 Å². The Bertz CT molecular complexity index is 1120. The number of rotatable bonds is 5. The first-order valence-corrected chi connectivity index (χ1v) is 14.8. The quantitative estimate of drug-likeness (QED) is 0.577. The normalized spacial score (nSPS) is 22.7. The van der Waals surface area contributed by atoms with E-state index in [-0.39, 0.29) is 30.1 Å². The SMILES string of the molecule is CN1CCC(N2CCN(C(=O)[C@@](C)(NC(=O)c3cc4ccc(Cl)cc4s3)C3CCN(C)CC3)CC2)CC1.Cl. The molecule has 0 spiro atoms. The van der Waals surface area contributed by atoms with Gasteiger partial charge in [0.25, 0.3) is 5.91 Å². The Morgan fingerprint density at radius 2 is 1.53 bits per heavy atom. The van der Waals surface area contributed by atoms with Crippen molar-refractivity contribution in [1.82, 2.24) is 24.9 Å². The Balaban J connectivity index is 0.00000336. The molecule has 5 rings (SSSR count). The number of piperazine rings is 1. The number of fused-ring (bicyclic) bond motifs is 1. The summed E-state index contributed by atoms with van der Waals surface area (Å²) in [6.07, 6.45) is 4.20. The van der Waals surface area contributed by atoms with Gasteiger partial charge in [0.2, 0.25) is 5.91 Å². The van der Waals surface area contributed by atoms with Crippen LogP contribution < -0.4 is 5.32 Å². The Kier molecular flexibility index (Phi) is 9.64. The molecule has 2 aromatic rings. The molecular weight excluding hydrogens is 541 g/mol. The van der Waals surface area contributed by atoms with Crippen molar-refractivity contribution in [1.29, 1.82) is 0 Å². The highest BCUT2D eigenvalue weighted by molar-refractivity contribution is 7.20. The fourth-order valence-electron chi connectivity index (χ4n) is 6.31. The molecule has 3 saturated heterocycles. The van der Waals surface area contributed by atoms with Crippen LogP contribution in [0, 0.1) is 5.92 Å². The molecule has 10 heteroatoms. The van der Waals surface area contributed by atoms with Gasteiger partial charge >= 0.3 is 0 Å². The van der Waals surface area contributed by atoms with E-state index in [4.69, 9.17) is 11.6 Å².